The zero-order valence-corrected chi connectivity index (χ0v) is 16.3. The highest BCUT2D eigenvalue weighted by Gasteiger charge is 2.35. The maximum absolute atomic E-state index is 12.9. The van der Waals surface area contributed by atoms with Crippen LogP contribution >= 0.6 is 0 Å². The Morgan fingerprint density at radius 3 is 2.69 bits per heavy atom. The lowest BCUT2D eigenvalue weighted by molar-refractivity contribution is -0.132. The number of hydrogen-bond acceptors (Lipinski definition) is 1. The maximum Gasteiger partial charge on any atom is 0.226 e. The molecule has 0 bridgehead atoms. The molecule has 138 valence electrons. The summed E-state index contributed by atoms with van der Waals surface area (Å²) in [5, 5.41) is 0. The normalized spacial score (nSPS) is 20.5. The Morgan fingerprint density at radius 2 is 2.00 bits per heavy atom. The Hall–Kier alpha value is -2.35. The molecule has 0 saturated carbocycles. The number of likely N-dealkylation sites (tertiary alicyclic amines) is 1. The van der Waals surface area contributed by atoms with Crippen molar-refractivity contribution in [3.05, 3.63) is 84.0 Å². The van der Waals surface area contributed by atoms with Gasteiger partial charge in [-0.25, -0.2) is 0 Å². The summed E-state index contributed by atoms with van der Waals surface area (Å²) < 4.78 is 0. The summed E-state index contributed by atoms with van der Waals surface area (Å²) in [6, 6.07) is 10.4. The Balaban J connectivity index is 0.00000117. The highest BCUT2D eigenvalue weighted by atomic mass is 16.2. The molecule has 1 aliphatic heterocycles. The first-order valence-electron chi connectivity index (χ1n) is 9.75. The number of hydrogen-bond donors (Lipinski definition) is 0. The van der Waals surface area contributed by atoms with Crippen LogP contribution in [0.4, 0.5) is 0 Å². The topological polar surface area (TPSA) is 20.3 Å². The van der Waals surface area contributed by atoms with Gasteiger partial charge in [0.2, 0.25) is 5.91 Å². The summed E-state index contributed by atoms with van der Waals surface area (Å²) in [6.07, 6.45) is 13.1. The van der Waals surface area contributed by atoms with Crippen molar-refractivity contribution in [3.8, 4) is 0 Å². The molecule has 1 heterocycles. The van der Waals surface area contributed by atoms with Crippen molar-refractivity contribution >= 4 is 5.91 Å². The van der Waals surface area contributed by atoms with Crippen molar-refractivity contribution in [2.75, 3.05) is 6.54 Å². The number of nitrogens with zero attached hydrogens (tertiary/aromatic N) is 1. The van der Waals surface area contributed by atoms with Crippen LogP contribution in [0.25, 0.3) is 0 Å². The van der Waals surface area contributed by atoms with E-state index in [-0.39, 0.29) is 17.9 Å². The van der Waals surface area contributed by atoms with Crippen LogP contribution in [0.1, 0.15) is 51.6 Å². The molecule has 26 heavy (non-hydrogen) atoms. The van der Waals surface area contributed by atoms with Gasteiger partial charge in [0.25, 0.3) is 0 Å². The molecule has 1 saturated heterocycles. The number of amides is 1. The first-order chi connectivity index (χ1) is 12.7. The van der Waals surface area contributed by atoms with E-state index in [1.807, 2.05) is 43.0 Å². The predicted molar refractivity (Wildman–Crippen MR) is 111 cm³/mol. The van der Waals surface area contributed by atoms with Gasteiger partial charge in [-0.05, 0) is 42.9 Å². The molecule has 2 atom stereocenters. The average Bonchev–Trinajstić information content (AvgIpc) is 2.91. The highest BCUT2D eigenvalue weighted by molar-refractivity contribution is 5.82. The summed E-state index contributed by atoms with van der Waals surface area (Å²) >= 11 is 0. The van der Waals surface area contributed by atoms with Gasteiger partial charge in [0.1, 0.15) is 0 Å². The van der Waals surface area contributed by atoms with Gasteiger partial charge in [-0.1, -0.05) is 81.1 Å². The van der Waals surface area contributed by atoms with Crippen LogP contribution in [-0.2, 0) is 4.79 Å². The third kappa shape index (κ3) is 4.63. The quantitative estimate of drug-likeness (QED) is 0.637. The Kier molecular flexibility index (Phi) is 7.65. The van der Waals surface area contributed by atoms with E-state index < -0.39 is 0 Å². The fourth-order valence-corrected chi connectivity index (χ4v) is 3.60. The summed E-state index contributed by atoms with van der Waals surface area (Å²) in [4.78, 5) is 14.9. The second-order valence-electron chi connectivity index (χ2n) is 6.53. The minimum atomic E-state index is 0.0869. The zero-order valence-electron chi connectivity index (χ0n) is 16.3. The fraction of sp³-hybridized carbons (Fsp3) is 0.375. The molecule has 0 radical (unpaired) electrons. The zero-order chi connectivity index (χ0) is 18.9. The minimum absolute atomic E-state index is 0.0869. The van der Waals surface area contributed by atoms with Crippen LogP contribution in [0, 0.1) is 5.92 Å². The molecule has 1 aromatic carbocycles. The lowest BCUT2D eigenvalue weighted by Crippen LogP contribution is -2.30. The van der Waals surface area contributed by atoms with Crippen LogP contribution in [0.3, 0.4) is 0 Å². The van der Waals surface area contributed by atoms with E-state index in [1.54, 1.807) is 0 Å². The summed E-state index contributed by atoms with van der Waals surface area (Å²) in [5.41, 5.74) is 3.60. The average molecular weight is 350 g/mol. The van der Waals surface area contributed by atoms with Crippen molar-refractivity contribution in [2.24, 2.45) is 5.92 Å². The van der Waals surface area contributed by atoms with Gasteiger partial charge in [0.05, 0.1) is 6.04 Å². The fourth-order valence-electron chi connectivity index (χ4n) is 3.60. The molecule has 1 amide bonds. The van der Waals surface area contributed by atoms with Gasteiger partial charge < -0.3 is 4.90 Å². The van der Waals surface area contributed by atoms with Gasteiger partial charge in [-0.15, -0.1) is 0 Å². The molecule has 1 aliphatic carbocycles. The molecular formula is C24H31NO. The monoisotopic (exact) mass is 349 g/mol. The first kappa shape index (κ1) is 20.0. The minimum Gasteiger partial charge on any atom is -0.336 e. The van der Waals surface area contributed by atoms with E-state index in [1.165, 1.54) is 11.1 Å². The van der Waals surface area contributed by atoms with Crippen molar-refractivity contribution < 1.29 is 4.79 Å². The van der Waals surface area contributed by atoms with E-state index in [0.717, 1.165) is 31.4 Å². The molecule has 0 unspecified atom stereocenters. The molecule has 0 aromatic heterocycles. The molecule has 0 N–H and O–H groups in total. The SMILES string of the molecule is C=CC1=CC=CCC=C1C[C@H]1CCN([C@@H](C)c2ccccc2)C1=O.CC. The smallest absolute Gasteiger partial charge is 0.226 e. The van der Waals surface area contributed by atoms with Gasteiger partial charge >= 0.3 is 0 Å². The van der Waals surface area contributed by atoms with E-state index in [4.69, 9.17) is 0 Å². The standard InChI is InChI=1S/C22H25NO.C2H6/c1-3-18-10-6-4-9-13-20(18)16-21-14-15-23(22(21)24)17(2)19-11-7-5-8-12-19;1-2/h3-8,10-13,17,21H,1,9,14-16H2,2H3;1-2H3/t17-,21+;/m0./s1. The summed E-state index contributed by atoms with van der Waals surface area (Å²) in [6.45, 7) is 10.9. The number of carbonyl (C=O) groups excluding carboxylic acids is 1. The molecular weight excluding hydrogens is 318 g/mol. The van der Waals surface area contributed by atoms with Gasteiger partial charge in [-0.2, -0.15) is 0 Å². The Labute approximate surface area is 158 Å². The predicted octanol–water partition coefficient (Wildman–Crippen LogP) is 6.01. The van der Waals surface area contributed by atoms with Crippen LogP contribution < -0.4 is 0 Å². The Morgan fingerprint density at radius 1 is 1.27 bits per heavy atom. The van der Waals surface area contributed by atoms with Gasteiger partial charge in [0.15, 0.2) is 0 Å². The maximum atomic E-state index is 12.9. The van der Waals surface area contributed by atoms with E-state index in [2.05, 4.69) is 49.9 Å². The van der Waals surface area contributed by atoms with E-state index in [0.29, 0.717) is 0 Å². The third-order valence-corrected chi connectivity index (χ3v) is 5.07. The van der Waals surface area contributed by atoms with Crippen molar-refractivity contribution in [1.29, 1.82) is 0 Å². The van der Waals surface area contributed by atoms with Gasteiger partial charge in [0, 0.05) is 12.5 Å². The summed E-state index contributed by atoms with van der Waals surface area (Å²) in [7, 11) is 0. The second kappa shape index (κ2) is 9.96. The molecule has 2 aliphatic rings. The third-order valence-electron chi connectivity index (χ3n) is 5.07. The summed E-state index contributed by atoms with van der Waals surface area (Å²) in [5.74, 6) is 0.372. The molecule has 2 heteroatoms. The van der Waals surface area contributed by atoms with Crippen molar-refractivity contribution in [2.45, 2.75) is 46.1 Å². The molecule has 1 fully saturated rings. The van der Waals surface area contributed by atoms with Crippen molar-refractivity contribution in [3.63, 3.8) is 0 Å². The molecule has 3 rings (SSSR count). The van der Waals surface area contributed by atoms with E-state index >= 15 is 0 Å². The van der Waals surface area contributed by atoms with Crippen LogP contribution in [0.5, 0.6) is 0 Å². The van der Waals surface area contributed by atoms with E-state index in [9.17, 15) is 4.79 Å². The first-order valence-corrected chi connectivity index (χ1v) is 9.75. The molecule has 2 nitrogen and oxygen atoms in total. The number of carbonyl (C=O) groups is 1. The van der Waals surface area contributed by atoms with Crippen molar-refractivity contribution in [1.82, 2.24) is 4.90 Å². The lowest BCUT2D eigenvalue weighted by atomic mass is 9.92. The number of rotatable bonds is 5. The van der Waals surface area contributed by atoms with Crippen LogP contribution in [0.2, 0.25) is 0 Å². The van der Waals surface area contributed by atoms with Crippen LogP contribution in [0.15, 0.2) is 78.4 Å². The largest absolute Gasteiger partial charge is 0.336 e. The van der Waals surface area contributed by atoms with Crippen LogP contribution in [-0.4, -0.2) is 17.4 Å². The molecule has 0 spiro atoms. The number of allylic oxidation sites excluding steroid dienone is 7. The van der Waals surface area contributed by atoms with Gasteiger partial charge in [-0.3, -0.25) is 4.79 Å². The Bertz CT molecular complexity index is 696. The second-order valence-corrected chi connectivity index (χ2v) is 6.53. The highest BCUT2D eigenvalue weighted by Crippen LogP contribution is 2.33. The molecule has 1 aromatic rings. The lowest BCUT2D eigenvalue weighted by Gasteiger charge is -2.25. The number of benzene rings is 1.